The molecule has 30 heavy (non-hydrogen) atoms. The number of nitrogens with one attached hydrogen (secondary N) is 1. The summed E-state index contributed by atoms with van der Waals surface area (Å²) in [6.45, 7) is 4.54. The third-order valence-corrected chi connectivity index (χ3v) is 5.66. The van der Waals surface area contributed by atoms with Crippen LogP contribution in [0.4, 0.5) is 18.3 Å². The van der Waals surface area contributed by atoms with Crippen molar-refractivity contribution in [3.8, 4) is 0 Å². The lowest BCUT2D eigenvalue weighted by atomic mass is 10.0. The van der Waals surface area contributed by atoms with Gasteiger partial charge in [0.25, 0.3) is 0 Å². The van der Waals surface area contributed by atoms with E-state index in [1.54, 1.807) is 17.4 Å². The van der Waals surface area contributed by atoms with Gasteiger partial charge in [0.05, 0.1) is 31.0 Å². The molecule has 0 radical (unpaired) electrons. The maximum Gasteiger partial charge on any atom is 0.416 e. The highest BCUT2D eigenvalue weighted by Gasteiger charge is 2.32. The van der Waals surface area contributed by atoms with Crippen LogP contribution in [0, 0.1) is 0 Å². The predicted octanol–water partition coefficient (Wildman–Crippen LogP) is 3.77. The Morgan fingerprint density at radius 1 is 1.40 bits per heavy atom. The molecule has 1 fully saturated rings. The summed E-state index contributed by atoms with van der Waals surface area (Å²) in [6.07, 6.45) is -4.83. The molecule has 0 spiro atoms. The third-order valence-electron chi connectivity index (χ3n) is 4.60. The van der Waals surface area contributed by atoms with E-state index < -0.39 is 17.8 Å². The van der Waals surface area contributed by atoms with Gasteiger partial charge in [-0.25, -0.2) is 9.98 Å². The van der Waals surface area contributed by atoms with Crippen LogP contribution in [0.25, 0.3) is 0 Å². The molecule has 0 amide bonds. The van der Waals surface area contributed by atoms with E-state index >= 15 is 0 Å². The standard InChI is InChI=1S/C20H26F3N5OS/c1-4-24-18(25-11-16-13-30-19(26-16)27(2)3)28-8-9-29-17(12-28)14-6-5-7-15(10-14)20(21,22)23/h5-7,10,13,17H,4,8-9,11-12H2,1-3H3,(H,24,25). The first kappa shape index (κ1) is 22.4. The van der Waals surface area contributed by atoms with Crippen LogP contribution in [0.1, 0.15) is 29.8 Å². The number of anilines is 1. The van der Waals surface area contributed by atoms with Crippen LogP contribution in [0.3, 0.4) is 0 Å². The van der Waals surface area contributed by atoms with Crippen molar-refractivity contribution in [3.63, 3.8) is 0 Å². The van der Waals surface area contributed by atoms with Gasteiger partial charge < -0.3 is 19.9 Å². The van der Waals surface area contributed by atoms with Gasteiger partial charge in [-0.05, 0) is 24.6 Å². The molecule has 0 saturated carbocycles. The van der Waals surface area contributed by atoms with Crippen molar-refractivity contribution >= 4 is 22.4 Å². The molecule has 2 aromatic rings. The maximum absolute atomic E-state index is 13.1. The summed E-state index contributed by atoms with van der Waals surface area (Å²) in [4.78, 5) is 13.2. The minimum atomic E-state index is -4.38. The van der Waals surface area contributed by atoms with Gasteiger partial charge in [0, 0.05) is 32.6 Å². The first-order valence-corrected chi connectivity index (χ1v) is 10.6. The second-order valence-corrected chi connectivity index (χ2v) is 7.95. The van der Waals surface area contributed by atoms with Crippen LogP contribution >= 0.6 is 11.3 Å². The van der Waals surface area contributed by atoms with Gasteiger partial charge in [-0.15, -0.1) is 11.3 Å². The minimum Gasteiger partial charge on any atom is -0.370 e. The Morgan fingerprint density at radius 2 is 2.20 bits per heavy atom. The molecule has 1 unspecified atom stereocenters. The summed E-state index contributed by atoms with van der Waals surface area (Å²) >= 11 is 1.56. The van der Waals surface area contributed by atoms with Crippen molar-refractivity contribution in [2.24, 2.45) is 4.99 Å². The molecule has 1 aromatic carbocycles. The minimum absolute atomic E-state index is 0.410. The molecule has 1 saturated heterocycles. The Kier molecular flexibility index (Phi) is 7.19. The monoisotopic (exact) mass is 441 g/mol. The number of alkyl halides is 3. The smallest absolute Gasteiger partial charge is 0.370 e. The molecule has 0 aliphatic carbocycles. The largest absolute Gasteiger partial charge is 0.416 e. The molecular weight excluding hydrogens is 415 g/mol. The number of benzene rings is 1. The van der Waals surface area contributed by atoms with Crippen LogP contribution in [0.2, 0.25) is 0 Å². The zero-order valence-corrected chi connectivity index (χ0v) is 18.1. The maximum atomic E-state index is 13.1. The summed E-state index contributed by atoms with van der Waals surface area (Å²) < 4.78 is 45.0. The van der Waals surface area contributed by atoms with Gasteiger partial charge in [0.15, 0.2) is 11.1 Å². The number of hydrogen-bond acceptors (Lipinski definition) is 5. The molecule has 3 rings (SSSR count). The van der Waals surface area contributed by atoms with Crippen LogP contribution in [-0.4, -0.2) is 56.2 Å². The van der Waals surface area contributed by atoms with E-state index in [2.05, 4.69) is 15.3 Å². The lowest BCUT2D eigenvalue weighted by molar-refractivity contribution is -0.137. The normalized spacial score (nSPS) is 17.9. The number of halogens is 3. The number of aromatic nitrogens is 1. The van der Waals surface area contributed by atoms with E-state index in [9.17, 15) is 13.2 Å². The molecular formula is C20H26F3N5OS. The molecule has 1 aliphatic rings. The molecule has 6 nitrogen and oxygen atoms in total. The fourth-order valence-corrected chi connectivity index (χ4v) is 3.86. The van der Waals surface area contributed by atoms with E-state index in [4.69, 9.17) is 4.74 Å². The molecule has 1 atom stereocenters. The molecule has 0 bridgehead atoms. The second-order valence-electron chi connectivity index (χ2n) is 7.11. The molecule has 1 N–H and O–H groups in total. The van der Waals surface area contributed by atoms with E-state index in [1.165, 1.54) is 6.07 Å². The highest BCUT2D eigenvalue weighted by Crippen LogP contribution is 2.32. The Labute approximate surface area is 178 Å². The fraction of sp³-hybridized carbons (Fsp3) is 0.500. The van der Waals surface area contributed by atoms with Crippen molar-refractivity contribution < 1.29 is 17.9 Å². The fourth-order valence-electron chi connectivity index (χ4n) is 3.11. The van der Waals surface area contributed by atoms with Crippen molar-refractivity contribution in [1.29, 1.82) is 0 Å². The average Bonchev–Trinajstić information content (AvgIpc) is 3.20. The zero-order valence-electron chi connectivity index (χ0n) is 17.2. The Bertz CT molecular complexity index is 868. The molecule has 164 valence electrons. The average molecular weight is 442 g/mol. The topological polar surface area (TPSA) is 53.0 Å². The number of nitrogens with zero attached hydrogens (tertiary/aromatic N) is 4. The van der Waals surface area contributed by atoms with E-state index in [0.717, 1.165) is 23.0 Å². The Hall–Kier alpha value is -2.33. The Morgan fingerprint density at radius 3 is 2.87 bits per heavy atom. The van der Waals surface area contributed by atoms with E-state index in [-0.39, 0.29) is 0 Å². The predicted molar refractivity (Wildman–Crippen MR) is 113 cm³/mol. The summed E-state index contributed by atoms with van der Waals surface area (Å²) in [5.41, 5.74) is 0.726. The summed E-state index contributed by atoms with van der Waals surface area (Å²) in [5, 5.41) is 6.16. The molecule has 10 heteroatoms. The third kappa shape index (κ3) is 5.63. The number of ether oxygens (including phenoxy) is 1. The van der Waals surface area contributed by atoms with E-state index in [1.807, 2.05) is 36.2 Å². The van der Waals surface area contributed by atoms with Crippen molar-refractivity contribution in [1.82, 2.24) is 15.2 Å². The number of morpholine rings is 1. The first-order chi connectivity index (χ1) is 14.3. The quantitative estimate of drug-likeness (QED) is 0.566. The van der Waals surface area contributed by atoms with E-state index in [0.29, 0.717) is 44.3 Å². The Balaban J connectivity index is 1.73. The van der Waals surface area contributed by atoms with Crippen molar-refractivity contribution in [2.45, 2.75) is 25.7 Å². The summed E-state index contributed by atoms with van der Waals surface area (Å²) in [6, 6.07) is 5.33. The molecule has 2 heterocycles. The summed E-state index contributed by atoms with van der Waals surface area (Å²) in [7, 11) is 3.88. The number of rotatable bonds is 5. The van der Waals surface area contributed by atoms with Crippen molar-refractivity contribution in [3.05, 3.63) is 46.5 Å². The highest BCUT2D eigenvalue weighted by atomic mass is 32.1. The summed E-state index contributed by atoms with van der Waals surface area (Å²) in [5.74, 6) is 0.706. The molecule has 1 aromatic heterocycles. The first-order valence-electron chi connectivity index (χ1n) is 9.71. The lowest BCUT2D eigenvalue weighted by Crippen LogP contribution is -2.48. The van der Waals surface area contributed by atoms with Crippen LogP contribution in [0.5, 0.6) is 0 Å². The van der Waals surface area contributed by atoms with Crippen LogP contribution < -0.4 is 10.2 Å². The van der Waals surface area contributed by atoms with Crippen LogP contribution in [0.15, 0.2) is 34.6 Å². The SMILES string of the molecule is CCNC(=NCc1csc(N(C)C)n1)N1CCOC(c2cccc(C(F)(F)F)c2)C1. The molecule has 1 aliphatic heterocycles. The lowest BCUT2D eigenvalue weighted by Gasteiger charge is -2.35. The second kappa shape index (κ2) is 9.65. The van der Waals surface area contributed by atoms with Gasteiger partial charge in [-0.2, -0.15) is 13.2 Å². The van der Waals surface area contributed by atoms with Gasteiger partial charge in [0.1, 0.15) is 6.10 Å². The number of thiazole rings is 1. The van der Waals surface area contributed by atoms with Gasteiger partial charge in [-0.1, -0.05) is 12.1 Å². The van der Waals surface area contributed by atoms with Crippen molar-refractivity contribution in [2.75, 3.05) is 45.2 Å². The van der Waals surface area contributed by atoms with Gasteiger partial charge >= 0.3 is 6.18 Å². The highest BCUT2D eigenvalue weighted by molar-refractivity contribution is 7.13. The zero-order chi connectivity index (χ0) is 21.7. The number of hydrogen-bond donors (Lipinski definition) is 1. The van der Waals surface area contributed by atoms with Crippen LogP contribution in [-0.2, 0) is 17.5 Å². The van der Waals surface area contributed by atoms with Gasteiger partial charge in [-0.3, -0.25) is 0 Å². The number of aliphatic imine (C=N–C) groups is 1. The number of guanidine groups is 1. The van der Waals surface area contributed by atoms with Gasteiger partial charge in [0.2, 0.25) is 0 Å².